The molecule has 0 N–H and O–H groups in total. The van der Waals surface area contributed by atoms with E-state index in [4.69, 9.17) is 0 Å². The van der Waals surface area contributed by atoms with E-state index in [-0.39, 0.29) is 5.78 Å². The van der Waals surface area contributed by atoms with Gasteiger partial charge in [-0.05, 0) is 57.3 Å². The molecule has 0 amide bonds. The van der Waals surface area contributed by atoms with E-state index < -0.39 is 0 Å². The number of hydrogen-bond donors (Lipinski definition) is 0. The van der Waals surface area contributed by atoms with E-state index in [2.05, 4.69) is 61.1 Å². The summed E-state index contributed by atoms with van der Waals surface area (Å²) in [4.78, 5) is 11.5. The number of halogens is 3. The van der Waals surface area contributed by atoms with Gasteiger partial charge in [0, 0.05) is 24.5 Å². The predicted molar refractivity (Wildman–Crippen MR) is 74.6 cm³/mol. The van der Waals surface area contributed by atoms with Gasteiger partial charge in [0.05, 0.1) is 0 Å². The second-order valence-corrected chi connectivity index (χ2v) is 5.61. The van der Waals surface area contributed by atoms with Gasteiger partial charge in [-0.1, -0.05) is 22.0 Å². The molecule has 1 rings (SSSR count). The summed E-state index contributed by atoms with van der Waals surface area (Å²) >= 11 is 7.75. The fourth-order valence-electron chi connectivity index (χ4n) is 0.900. The third-order valence-electron chi connectivity index (χ3n) is 1.56. The van der Waals surface area contributed by atoms with E-state index in [1.165, 1.54) is 3.57 Å². The molecule has 1 nitrogen and oxygen atoms in total. The fraction of sp³-hybridized carbons (Fsp3) is 0.222. The van der Waals surface area contributed by atoms with Gasteiger partial charge in [-0.25, -0.2) is 0 Å². The van der Waals surface area contributed by atoms with Crippen molar-refractivity contribution in [1.29, 1.82) is 0 Å². The third-order valence-corrected chi connectivity index (χ3v) is 4.82. The average molecular weight is 465 g/mol. The summed E-state index contributed by atoms with van der Waals surface area (Å²) in [6, 6.07) is 5.80. The lowest BCUT2D eigenvalue weighted by Gasteiger charge is -2.00. The molecule has 70 valence electrons. The van der Waals surface area contributed by atoms with Gasteiger partial charge in [0.15, 0.2) is 5.78 Å². The Morgan fingerprint density at radius 1 is 1.31 bits per heavy atom. The van der Waals surface area contributed by atoms with Crippen LogP contribution in [0.2, 0.25) is 0 Å². The van der Waals surface area contributed by atoms with Gasteiger partial charge in [-0.15, -0.1) is 0 Å². The molecular formula is C9H7BrI2O. The molecule has 0 atom stereocenters. The Bertz CT molecular complexity index is 325. The van der Waals surface area contributed by atoms with Crippen molar-refractivity contribution < 1.29 is 4.79 Å². The largest absolute Gasteiger partial charge is 0.294 e. The van der Waals surface area contributed by atoms with Crippen LogP contribution in [0.25, 0.3) is 0 Å². The molecule has 1 aromatic rings. The maximum atomic E-state index is 11.5. The average Bonchev–Trinajstić information content (AvgIpc) is 2.10. The molecule has 4 heteroatoms. The summed E-state index contributed by atoms with van der Waals surface area (Å²) in [5.74, 6) is 0.200. The molecule has 13 heavy (non-hydrogen) atoms. The zero-order valence-electron chi connectivity index (χ0n) is 6.69. The van der Waals surface area contributed by atoms with Crippen molar-refractivity contribution in [1.82, 2.24) is 0 Å². The SMILES string of the molecule is O=C(CCBr)c1ccc(I)c(I)c1. The second-order valence-electron chi connectivity index (χ2n) is 2.49. The molecule has 0 radical (unpaired) electrons. The molecule has 0 unspecified atom stereocenters. The number of ketones is 1. The van der Waals surface area contributed by atoms with E-state index >= 15 is 0 Å². The van der Waals surface area contributed by atoms with Crippen LogP contribution in [0, 0.1) is 7.14 Å². The van der Waals surface area contributed by atoms with Crippen molar-refractivity contribution in [2.45, 2.75) is 6.42 Å². The van der Waals surface area contributed by atoms with Crippen molar-refractivity contribution in [3.05, 3.63) is 30.9 Å². The summed E-state index contributed by atoms with van der Waals surface area (Å²) < 4.78 is 2.33. The van der Waals surface area contributed by atoms with E-state index in [9.17, 15) is 4.79 Å². The lowest BCUT2D eigenvalue weighted by Crippen LogP contribution is -2.00. The van der Waals surface area contributed by atoms with Crippen molar-refractivity contribution in [3.63, 3.8) is 0 Å². The number of carbonyl (C=O) groups is 1. The second kappa shape index (κ2) is 5.65. The minimum Gasteiger partial charge on any atom is -0.294 e. The van der Waals surface area contributed by atoms with Gasteiger partial charge in [0.2, 0.25) is 0 Å². The molecule has 0 spiro atoms. The number of rotatable bonds is 3. The van der Waals surface area contributed by atoms with E-state index in [0.717, 1.165) is 14.5 Å². The van der Waals surface area contributed by atoms with Gasteiger partial charge >= 0.3 is 0 Å². The van der Waals surface area contributed by atoms with Crippen LogP contribution >= 0.6 is 61.1 Å². The van der Waals surface area contributed by atoms with Gasteiger partial charge in [0.25, 0.3) is 0 Å². The molecule has 0 heterocycles. The quantitative estimate of drug-likeness (QED) is 0.377. The molecule has 0 aromatic heterocycles. The van der Waals surface area contributed by atoms with Gasteiger partial charge in [-0.2, -0.15) is 0 Å². The topological polar surface area (TPSA) is 17.1 Å². The standard InChI is InChI=1S/C9H7BrI2O/c10-4-3-9(13)6-1-2-7(11)8(12)5-6/h1-2,5H,3-4H2. The Balaban J connectivity index is 2.90. The van der Waals surface area contributed by atoms with Gasteiger partial charge in [-0.3, -0.25) is 4.79 Å². The van der Waals surface area contributed by atoms with Crippen LogP contribution < -0.4 is 0 Å². The Labute approximate surface area is 113 Å². The predicted octanol–water partition coefficient (Wildman–Crippen LogP) is 3.86. The molecule has 0 saturated carbocycles. The summed E-state index contributed by atoms with van der Waals surface area (Å²) in [6.45, 7) is 0. The highest BCUT2D eigenvalue weighted by Gasteiger charge is 2.06. The van der Waals surface area contributed by atoms with Crippen molar-refractivity contribution >= 4 is 66.9 Å². The summed E-state index contributed by atoms with van der Waals surface area (Å²) in [6.07, 6.45) is 0.566. The molecule has 0 aliphatic rings. The Kier molecular flexibility index (Phi) is 5.17. The lowest BCUT2D eigenvalue weighted by molar-refractivity contribution is 0.0990. The van der Waals surface area contributed by atoms with Crippen molar-refractivity contribution in [2.75, 3.05) is 5.33 Å². The van der Waals surface area contributed by atoms with Gasteiger partial charge < -0.3 is 0 Å². The van der Waals surface area contributed by atoms with Crippen LogP contribution in [-0.2, 0) is 0 Å². The first kappa shape index (κ1) is 11.9. The maximum Gasteiger partial charge on any atom is 0.163 e. The first-order chi connectivity index (χ1) is 6.15. The Morgan fingerprint density at radius 2 is 2.00 bits per heavy atom. The third kappa shape index (κ3) is 3.47. The summed E-state index contributed by atoms with van der Waals surface area (Å²) in [5.41, 5.74) is 0.810. The first-order valence-corrected chi connectivity index (χ1v) is 6.97. The minimum atomic E-state index is 0.200. The monoisotopic (exact) mass is 464 g/mol. The minimum absolute atomic E-state index is 0.200. The highest BCUT2D eigenvalue weighted by molar-refractivity contribution is 14.1. The zero-order valence-corrected chi connectivity index (χ0v) is 12.6. The fourth-order valence-corrected chi connectivity index (χ4v) is 2.11. The highest BCUT2D eigenvalue weighted by atomic mass is 127. The number of hydrogen-bond acceptors (Lipinski definition) is 1. The molecule has 0 aliphatic heterocycles. The van der Waals surface area contributed by atoms with Crippen LogP contribution in [-0.4, -0.2) is 11.1 Å². The molecule has 0 saturated heterocycles. The number of Topliss-reactive ketones (excluding diaryl/α,β-unsaturated/α-hetero) is 1. The molecule has 1 aromatic carbocycles. The van der Waals surface area contributed by atoms with E-state index in [0.29, 0.717) is 6.42 Å². The molecule has 0 bridgehead atoms. The summed E-state index contributed by atoms with van der Waals surface area (Å²) in [7, 11) is 0. The number of carbonyl (C=O) groups excluding carboxylic acids is 1. The van der Waals surface area contributed by atoms with Crippen molar-refractivity contribution in [3.8, 4) is 0 Å². The maximum absolute atomic E-state index is 11.5. The Hall–Kier alpha value is 0.830. The molecule has 0 fully saturated rings. The van der Waals surface area contributed by atoms with E-state index in [1.54, 1.807) is 0 Å². The van der Waals surface area contributed by atoms with Crippen molar-refractivity contribution in [2.24, 2.45) is 0 Å². The van der Waals surface area contributed by atoms with E-state index in [1.807, 2.05) is 18.2 Å². The van der Waals surface area contributed by atoms with Crippen LogP contribution in [0.15, 0.2) is 18.2 Å². The van der Waals surface area contributed by atoms with Crippen LogP contribution in [0.3, 0.4) is 0 Å². The normalized spacial score (nSPS) is 10.1. The smallest absolute Gasteiger partial charge is 0.163 e. The molecular weight excluding hydrogens is 458 g/mol. The van der Waals surface area contributed by atoms with Crippen LogP contribution in [0.1, 0.15) is 16.8 Å². The Morgan fingerprint density at radius 3 is 2.54 bits per heavy atom. The highest BCUT2D eigenvalue weighted by Crippen LogP contribution is 2.17. The number of alkyl halides is 1. The lowest BCUT2D eigenvalue weighted by atomic mass is 10.1. The molecule has 0 aliphatic carbocycles. The zero-order chi connectivity index (χ0) is 9.84. The first-order valence-electron chi connectivity index (χ1n) is 3.69. The number of benzene rings is 1. The summed E-state index contributed by atoms with van der Waals surface area (Å²) in [5, 5.41) is 0.731. The van der Waals surface area contributed by atoms with Gasteiger partial charge in [0.1, 0.15) is 0 Å². The van der Waals surface area contributed by atoms with Crippen LogP contribution in [0.4, 0.5) is 0 Å². The van der Waals surface area contributed by atoms with Crippen LogP contribution in [0.5, 0.6) is 0 Å².